The summed E-state index contributed by atoms with van der Waals surface area (Å²) in [5.74, 6) is -2.27. The number of hydrogen-bond donors (Lipinski definition) is 2. The summed E-state index contributed by atoms with van der Waals surface area (Å²) in [6.07, 6.45) is 0. The van der Waals surface area contributed by atoms with Gasteiger partial charge in [-0.05, 0) is 34.5 Å². The molecule has 0 spiro atoms. The summed E-state index contributed by atoms with van der Waals surface area (Å²) in [6, 6.07) is 1.21. The Labute approximate surface area is 111 Å². The van der Waals surface area contributed by atoms with Crippen LogP contribution in [0.1, 0.15) is 5.56 Å². The van der Waals surface area contributed by atoms with Gasteiger partial charge in [-0.25, -0.2) is 13.4 Å². The van der Waals surface area contributed by atoms with Crippen LogP contribution in [0.25, 0.3) is 0 Å². The molecular weight excluding hydrogens is 331 g/mol. The van der Waals surface area contributed by atoms with E-state index in [0.717, 1.165) is 0 Å². The van der Waals surface area contributed by atoms with Crippen LogP contribution in [0, 0.1) is 12.7 Å². The van der Waals surface area contributed by atoms with Gasteiger partial charge in [0.1, 0.15) is 18.0 Å². The van der Waals surface area contributed by atoms with Crippen molar-refractivity contribution < 1.29 is 22.7 Å². The highest BCUT2D eigenvalue weighted by atomic mass is 79.9. The van der Waals surface area contributed by atoms with E-state index in [0.29, 0.717) is 9.87 Å². The van der Waals surface area contributed by atoms with E-state index in [1.165, 1.54) is 6.07 Å². The normalized spacial score (nSPS) is 17.9. The molecule has 0 saturated carbocycles. The molecule has 1 heterocycles. The molecule has 1 saturated heterocycles. The molecule has 1 fully saturated rings. The second kappa shape index (κ2) is 4.09. The van der Waals surface area contributed by atoms with E-state index in [4.69, 9.17) is 0 Å². The van der Waals surface area contributed by atoms with Crippen molar-refractivity contribution in [2.75, 3.05) is 10.8 Å². The van der Waals surface area contributed by atoms with Gasteiger partial charge in [0.25, 0.3) is 5.91 Å². The second-order valence-electron chi connectivity index (χ2n) is 3.73. The van der Waals surface area contributed by atoms with E-state index < -0.39 is 39.9 Å². The number of halogens is 2. The van der Waals surface area contributed by atoms with E-state index in [-0.39, 0.29) is 4.47 Å². The first-order chi connectivity index (χ1) is 8.24. The number of carbonyl (C=O) groups excluding carboxylic acids is 1. The van der Waals surface area contributed by atoms with Crippen molar-refractivity contribution in [3.8, 4) is 5.75 Å². The highest BCUT2D eigenvalue weighted by molar-refractivity contribution is 9.10. The van der Waals surface area contributed by atoms with Gasteiger partial charge in [0.15, 0.2) is 5.82 Å². The Kier molecular flexibility index (Phi) is 2.98. The molecule has 6 nitrogen and oxygen atoms in total. The first kappa shape index (κ1) is 13.1. The average Bonchev–Trinajstić information content (AvgIpc) is 2.49. The molecule has 0 aliphatic carbocycles. The lowest BCUT2D eigenvalue weighted by molar-refractivity contribution is -0.117. The van der Waals surface area contributed by atoms with Gasteiger partial charge in [0.2, 0.25) is 0 Å². The number of anilines is 1. The van der Waals surface area contributed by atoms with E-state index in [1.807, 2.05) is 0 Å². The summed E-state index contributed by atoms with van der Waals surface area (Å²) in [6.45, 7) is 0.973. The first-order valence-corrected chi connectivity index (χ1v) is 6.98. The van der Waals surface area contributed by atoms with Gasteiger partial charge in [-0.15, -0.1) is 0 Å². The molecule has 0 atom stereocenters. The minimum absolute atomic E-state index is 0.0323. The summed E-state index contributed by atoms with van der Waals surface area (Å²) in [4.78, 5) is 11.1. The fourth-order valence-electron chi connectivity index (χ4n) is 1.61. The summed E-state index contributed by atoms with van der Waals surface area (Å²) in [5.41, 5.74) is -0.143. The van der Waals surface area contributed by atoms with Crippen LogP contribution >= 0.6 is 15.9 Å². The summed E-state index contributed by atoms with van der Waals surface area (Å²) >= 11 is 2.95. The maximum Gasteiger partial charge on any atom is 0.326 e. The van der Waals surface area contributed by atoms with Crippen molar-refractivity contribution in [1.29, 1.82) is 0 Å². The van der Waals surface area contributed by atoms with E-state index in [2.05, 4.69) is 15.9 Å². The van der Waals surface area contributed by atoms with E-state index >= 15 is 0 Å². The Bertz CT molecular complexity index is 646. The maximum absolute atomic E-state index is 14.0. The highest BCUT2D eigenvalue weighted by Gasteiger charge is 2.38. The monoisotopic (exact) mass is 338 g/mol. The van der Waals surface area contributed by atoms with Gasteiger partial charge in [-0.1, -0.05) is 0 Å². The van der Waals surface area contributed by atoms with Crippen LogP contribution in [-0.4, -0.2) is 26.0 Å². The van der Waals surface area contributed by atoms with Gasteiger partial charge in [-0.3, -0.25) is 4.79 Å². The average molecular weight is 339 g/mol. The first-order valence-electron chi connectivity index (χ1n) is 4.75. The molecular formula is C9H8BrFN2O4S. The molecule has 98 valence electrons. The maximum atomic E-state index is 14.0. The number of carbonyl (C=O) groups is 1. The fourth-order valence-corrected chi connectivity index (χ4v) is 3.08. The molecule has 1 aromatic carbocycles. The number of aryl methyl sites for hydroxylation is 1. The number of amides is 1. The number of phenols is 1. The minimum Gasteiger partial charge on any atom is -0.506 e. The fraction of sp³-hybridized carbons (Fsp3) is 0.222. The minimum atomic E-state index is -4.15. The molecule has 0 radical (unpaired) electrons. The zero-order valence-corrected chi connectivity index (χ0v) is 11.5. The second-order valence-corrected chi connectivity index (χ2v) is 6.11. The molecule has 1 aliphatic rings. The summed E-state index contributed by atoms with van der Waals surface area (Å²) < 4.78 is 39.4. The molecule has 2 N–H and O–H groups in total. The van der Waals surface area contributed by atoms with Crippen molar-refractivity contribution in [2.24, 2.45) is 0 Å². The third kappa shape index (κ3) is 1.93. The van der Waals surface area contributed by atoms with Gasteiger partial charge in [0.05, 0.1) is 4.47 Å². The third-order valence-corrected chi connectivity index (χ3v) is 4.76. The van der Waals surface area contributed by atoms with Gasteiger partial charge < -0.3 is 5.11 Å². The number of nitrogens with one attached hydrogen (secondary N) is 1. The summed E-state index contributed by atoms with van der Waals surface area (Å²) in [5, 5.41) is 9.67. The third-order valence-electron chi connectivity index (χ3n) is 2.41. The lowest BCUT2D eigenvalue weighted by atomic mass is 10.2. The van der Waals surface area contributed by atoms with Crippen LogP contribution in [0.15, 0.2) is 10.5 Å². The molecule has 0 bridgehead atoms. The zero-order chi connectivity index (χ0) is 13.7. The quantitative estimate of drug-likeness (QED) is 0.792. The van der Waals surface area contributed by atoms with Crippen molar-refractivity contribution in [1.82, 2.24) is 4.72 Å². The van der Waals surface area contributed by atoms with Crippen LogP contribution in [0.2, 0.25) is 0 Å². The summed E-state index contributed by atoms with van der Waals surface area (Å²) in [7, 11) is -4.15. The number of phenolic OH excluding ortho intramolecular Hbond substituents is 1. The lowest BCUT2D eigenvalue weighted by Gasteiger charge is -2.18. The van der Waals surface area contributed by atoms with Gasteiger partial charge >= 0.3 is 10.2 Å². The Hall–Kier alpha value is -1.35. The molecule has 2 rings (SSSR count). The predicted molar refractivity (Wildman–Crippen MR) is 64.9 cm³/mol. The number of rotatable bonds is 1. The van der Waals surface area contributed by atoms with Crippen molar-refractivity contribution in [2.45, 2.75) is 6.92 Å². The standard InChI is InChI=1S/C9H8BrFN2O4S/c1-4-2-5(14)9(8(11)7(4)10)13-3-6(15)12-18(13,16)17/h2,14H,3H2,1H3,(H,12,15). The van der Waals surface area contributed by atoms with Gasteiger partial charge in [0, 0.05) is 0 Å². The smallest absolute Gasteiger partial charge is 0.326 e. The van der Waals surface area contributed by atoms with E-state index in [1.54, 1.807) is 11.6 Å². The Balaban J connectivity index is 2.66. The van der Waals surface area contributed by atoms with Crippen molar-refractivity contribution in [3.63, 3.8) is 0 Å². The van der Waals surface area contributed by atoms with Gasteiger partial charge in [-0.2, -0.15) is 8.42 Å². The zero-order valence-electron chi connectivity index (χ0n) is 9.07. The Morgan fingerprint density at radius 1 is 1.56 bits per heavy atom. The number of nitrogens with zero attached hydrogens (tertiary/aromatic N) is 1. The molecule has 18 heavy (non-hydrogen) atoms. The molecule has 1 amide bonds. The van der Waals surface area contributed by atoms with Crippen LogP contribution in [0.3, 0.4) is 0 Å². The predicted octanol–water partition coefficient (Wildman–Crippen LogP) is 0.783. The SMILES string of the molecule is Cc1cc(O)c(N2CC(=O)NS2(=O)=O)c(F)c1Br. The number of hydrogen-bond acceptors (Lipinski definition) is 4. The topological polar surface area (TPSA) is 86.7 Å². The van der Waals surface area contributed by atoms with Crippen molar-refractivity contribution in [3.05, 3.63) is 21.9 Å². The lowest BCUT2D eigenvalue weighted by Crippen LogP contribution is -2.30. The van der Waals surface area contributed by atoms with Crippen LogP contribution < -0.4 is 9.03 Å². The number of aromatic hydroxyl groups is 1. The van der Waals surface area contributed by atoms with Crippen LogP contribution in [0.5, 0.6) is 5.75 Å². The Morgan fingerprint density at radius 2 is 2.17 bits per heavy atom. The largest absolute Gasteiger partial charge is 0.506 e. The van der Waals surface area contributed by atoms with Crippen LogP contribution in [0.4, 0.5) is 10.1 Å². The molecule has 9 heteroatoms. The Morgan fingerprint density at radius 3 is 2.67 bits per heavy atom. The molecule has 0 unspecified atom stereocenters. The van der Waals surface area contributed by atoms with Crippen molar-refractivity contribution >= 4 is 37.7 Å². The number of benzene rings is 1. The highest BCUT2D eigenvalue weighted by Crippen LogP contribution is 2.38. The molecule has 0 aromatic heterocycles. The molecule has 1 aliphatic heterocycles. The van der Waals surface area contributed by atoms with Crippen LogP contribution in [-0.2, 0) is 15.0 Å². The van der Waals surface area contributed by atoms with E-state index in [9.17, 15) is 22.7 Å². The molecule has 1 aromatic rings.